The van der Waals surface area contributed by atoms with Crippen LogP contribution in [0.15, 0.2) is 0 Å². The number of aliphatic hydroxyl groups excluding tert-OH is 1. The van der Waals surface area contributed by atoms with Gasteiger partial charge in [0.15, 0.2) is 0 Å². The first kappa shape index (κ1) is 22.8. The lowest BCUT2D eigenvalue weighted by Crippen LogP contribution is -2.50. The van der Waals surface area contributed by atoms with Crippen LogP contribution in [0.3, 0.4) is 0 Å². The molecule has 0 saturated heterocycles. The van der Waals surface area contributed by atoms with E-state index < -0.39 is 51.4 Å². The minimum absolute atomic E-state index is 0.199. The first-order valence-corrected chi connectivity index (χ1v) is 9.49. The zero-order valence-electron chi connectivity index (χ0n) is 14.9. The SMILES string of the molecule is CCC(O)CC(CC(C)C(=O)NC(C)(C)CS(=O)(=O)O)OC(C)=O. The minimum atomic E-state index is -4.23. The van der Waals surface area contributed by atoms with Gasteiger partial charge < -0.3 is 15.2 Å². The summed E-state index contributed by atoms with van der Waals surface area (Å²) in [5.74, 6) is -2.10. The third-order valence-electron chi connectivity index (χ3n) is 3.41. The summed E-state index contributed by atoms with van der Waals surface area (Å²) < 4.78 is 36.0. The summed E-state index contributed by atoms with van der Waals surface area (Å²) in [6.07, 6.45) is -0.324. The normalized spacial score (nSPS) is 16.1. The zero-order chi connectivity index (χ0) is 19.1. The number of nitrogens with one attached hydrogen (secondary N) is 1. The van der Waals surface area contributed by atoms with Crippen molar-refractivity contribution < 1.29 is 32.4 Å². The van der Waals surface area contributed by atoms with Crippen LogP contribution in [-0.2, 0) is 24.4 Å². The molecule has 0 heterocycles. The smallest absolute Gasteiger partial charge is 0.302 e. The van der Waals surface area contributed by atoms with Crippen LogP contribution < -0.4 is 5.32 Å². The number of hydrogen-bond donors (Lipinski definition) is 3. The Morgan fingerprint density at radius 3 is 2.21 bits per heavy atom. The van der Waals surface area contributed by atoms with Crippen LogP contribution in [-0.4, -0.2) is 53.5 Å². The molecule has 3 atom stereocenters. The van der Waals surface area contributed by atoms with E-state index >= 15 is 0 Å². The molecular formula is C15H29NO7S. The summed E-state index contributed by atoms with van der Waals surface area (Å²) in [5, 5.41) is 12.3. The van der Waals surface area contributed by atoms with E-state index in [4.69, 9.17) is 9.29 Å². The monoisotopic (exact) mass is 367 g/mol. The molecule has 1 amide bonds. The van der Waals surface area contributed by atoms with Gasteiger partial charge in [0.05, 0.1) is 17.4 Å². The lowest BCUT2D eigenvalue weighted by molar-refractivity contribution is -0.149. The fourth-order valence-corrected chi connectivity index (χ4v) is 3.33. The Bertz CT molecular complexity index is 530. The number of hydrogen-bond acceptors (Lipinski definition) is 6. The quantitative estimate of drug-likeness (QED) is 0.386. The van der Waals surface area contributed by atoms with E-state index in [1.165, 1.54) is 20.8 Å². The van der Waals surface area contributed by atoms with Crippen molar-refractivity contribution in [1.82, 2.24) is 5.32 Å². The van der Waals surface area contributed by atoms with Crippen LogP contribution in [0.25, 0.3) is 0 Å². The molecule has 24 heavy (non-hydrogen) atoms. The molecule has 142 valence electrons. The average Bonchev–Trinajstić information content (AvgIpc) is 2.33. The van der Waals surface area contributed by atoms with Gasteiger partial charge in [0.25, 0.3) is 10.1 Å². The molecule has 9 heteroatoms. The number of aliphatic hydroxyl groups is 1. The van der Waals surface area contributed by atoms with E-state index in [-0.39, 0.29) is 12.8 Å². The lowest BCUT2D eigenvalue weighted by atomic mass is 9.96. The largest absolute Gasteiger partial charge is 0.462 e. The van der Waals surface area contributed by atoms with Gasteiger partial charge in [0, 0.05) is 19.3 Å². The van der Waals surface area contributed by atoms with E-state index in [0.717, 1.165) is 0 Å². The topological polar surface area (TPSA) is 130 Å². The van der Waals surface area contributed by atoms with E-state index in [9.17, 15) is 23.1 Å². The van der Waals surface area contributed by atoms with Gasteiger partial charge in [-0.2, -0.15) is 8.42 Å². The molecular weight excluding hydrogens is 338 g/mol. The van der Waals surface area contributed by atoms with Crippen molar-refractivity contribution in [3.8, 4) is 0 Å². The number of esters is 1. The van der Waals surface area contributed by atoms with Crippen molar-refractivity contribution in [3.63, 3.8) is 0 Å². The van der Waals surface area contributed by atoms with E-state index in [1.807, 2.05) is 0 Å². The predicted octanol–water partition coefficient (Wildman–Crippen LogP) is 0.888. The Balaban J connectivity index is 4.81. The molecule has 0 aliphatic heterocycles. The molecule has 8 nitrogen and oxygen atoms in total. The molecule has 0 aromatic heterocycles. The molecule has 0 saturated carbocycles. The fourth-order valence-electron chi connectivity index (χ4n) is 2.35. The number of rotatable bonds is 10. The summed E-state index contributed by atoms with van der Waals surface area (Å²) in [6.45, 7) is 7.63. The van der Waals surface area contributed by atoms with Crippen molar-refractivity contribution in [2.45, 2.75) is 71.6 Å². The molecule has 0 aliphatic rings. The molecule has 0 aromatic rings. The average molecular weight is 367 g/mol. The maximum absolute atomic E-state index is 12.2. The predicted molar refractivity (Wildman–Crippen MR) is 88.9 cm³/mol. The molecule has 0 aromatic carbocycles. The highest BCUT2D eigenvalue weighted by atomic mass is 32.2. The number of carbonyl (C=O) groups excluding carboxylic acids is 2. The Morgan fingerprint density at radius 2 is 1.79 bits per heavy atom. The van der Waals surface area contributed by atoms with Crippen molar-refractivity contribution >= 4 is 22.0 Å². The van der Waals surface area contributed by atoms with Gasteiger partial charge >= 0.3 is 5.97 Å². The van der Waals surface area contributed by atoms with Crippen LogP contribution >= 0.6 is 0 Å². The molecule has 0 aliphatic carbocycles. The van der Waals surface area contributed by atoms with Gasteiger partial charge in [0.2, 0.25) is 5.91 Å². The highest BCUT2D eigenvalue weighted by Crippen LogP contribution is 2.17. The van der Waals surface area contributed by atoms with Gasteiger partial charge in [-0.25, -0.2) is 0 Å². The van der Waals surface area contributed by atoms with Gasteiger partial charge in [-0.1, -0.05) is 13.8 Å². The molecule has 3 N–H and O–H groups in total. The second-order valence-corrected chi connectivity index (χ2v) is 8.22. The molecule has 0 radical (unpaired) electrons. The Labute approximate surface area is 143 Å². The van der Waals surface area contributed by atoms with Gasteiger partial charge in [-0.15, -0.1) is 0 Å². The molecule has 0 rings (SSSR count). The Kier molecular flexibility index (Phi) is 8.87. The second kappa shape index (κ2) is 9.33. The molecule has 0 spiro atoms. The van der Waals surface area contributed by atoms with E-state index in [1.54, 1.807) is 13.8 Å². The van der Waals surface area contributed by atoms with Crippen molar-refractivity contribution in [3.05, 3.63) is 0 Å². The van der Waals surface area contributed by atoms with Crippen molar-refractivity contribution in [2.75, 3.05) is 5.75 Å². The van der Waals surface area contributed by atoms with Gasteiger partial charge in [-0.05, 0) is 26.7 Å². The van der Waals surface area contributed by atoms with E-state index in [0.29, 0.717) is 6.42 Å². The lowest BCUT2D eigenvalue weighted by Gasteiger charge is -2.28. The van der Waals surface area contributed by atoms with Crippen LogP contribution in [0.4, 0.5) is 0 Å². The number of ether oxygens (including phenoxy) is 1. The fraction of sp³-hybridized carbons (Fsp3) is 0.867. The van der Waals surface area contributed by atoms with Gasteiger partial charge in [0.1, 0.15) is 6.10 Å². The highest BCUT2D eigenvalue weighted by molar-refractivity contribution is 7.85. The number of carbonyl (C=O) groups is 2. The van der Waals surface area contributed by atoms with Crippen molar-refractivity contribution in [1.29, 1.82) is 0 Å². The van der Waals surface area contributed by atoms with Crippen LogP contribution in [0, 0.1) is 5.92 Å². The summed E-state index contributed by atoms with van der Waals surface area (Å²) >= 11 is 0. The third kappa shape index (κ3) is 10.6. The van der Waals surface area contributed by atoms with Crippen LogP contribution in [0.1, 0.15) is 53.9 Å². The van der Waals surface area contributed by atoms with E-state index in [2.05, 4.69) is 5.32 Å². The first-order chi connectivity index (χ1) is 10.8. The maximum atomic E-state index is 12.2. The van der Waals surface area contributed by atoms with Crippen LogP contribution in [0.5, 0.6) is 0 Å². The molecule has 0 bridgehead atoms. The summed E-state index contributed by atoms with van der Waals surface area (Å²) in [5.41, 5.74) is -1.14. The third-order valence-corrected chi connectivity index (χ3v) is 4.49. The number of amides is 1. The summed E-state index contributed by atoms with van der Waals surface area (Å²) in [7, 11) is -4.23. The highest BCUT2D eigenvalue weighted by Gasteiger charge is 2.30. The summed E-state index contributed by atoms with van der Waals surface area (Å²) in [4.78, 5) is 23.4. The minimum Gasteiger partial charge on any atom is -0.462 e. The maximum Gasteiger partial charge on any atom is 0.302 e. The van der Waals surface area contributed by atoms with Gasteiger partial charge in [-0.3, -0.25) is 14.1 Å². The standard InChI is InChI=1S/C15H29NO7S/c1-6-12(18)8-13(23-11(3)17)7-10(2)14(19)16-15(4,5)9-24(20,21)22/h10,12-13,18H,6-9H2,1-5H3,(H,16,19)(H,20,21,22). The zero-order valence-corrected chi connectivity index (χ0v) is 15.7. The summed E-state index contributed by atoms with van der Waals surface area (Å²) in [6, 6.07) is 0. The molecule has 3 unspecified atom stereocenters. The van der Waals surface area contributed by atoms with Crippen molar-refractivity contribution in [2.24, 2.45) is 5.92 Å². The second-order valence-electron chi connectivity index (χ2n) is 6.77. The Hall–Kier alpha value is -1.19. The first-order valence-electron chi connectivity index (χ1n) is 7.88. The Morgan fingerprint density at radius 1 is 1.25 bits per heavy atom. The molecule has 0 fully saturated rings. The van der Waals surface area contributed by atoms with Crippen LogP contribution in [0.2, 0.25) is 0 Å².